The Hall–Kier alpha value is -1.37. The maximum Gasteiger partial charge on any atom is 0.417 e. The van der Waals surface area contributed by atoms with E-state index in [1.54, 1.807) is 11.8 Å². The number of benzene rings is 1. The predicted octanol–water partition coefficient (Wildman–Crippen LogP) is 6.87. The molecule has 0 bridgehead atoms. The van der Waals surface area contributed by atoms with Crippen LogP contribution in [0, 0.1) is 5.41 Å². The zero-order valence-corrected chi connectivity index (χ0v) is 28.1. The zero-order valence-electron chi connectivity index (χ0n) is 26.4. The second-order valence-corrected chi connectivity index (χ2v) is 18.5. The Labute approximate surface area is 255 Å². The molecule has 1 spiro atoms. The largest absolute Gasteiger partial charge is 0.417 e. The average molecular weight is 636 g/mol. The molecular weight excluding hydrogens is 587 g/mol. The number of nitrogens with one attached hydrogen (secondary N) is 1. The van der Waals surface area contributed by atoms with E-state index in [0.717, 1.165) is 38.5 Å². The Morgan fingerprint density at radius 2 is 1.83 bits per heavy atom. The van der Waals surface area contributed by atoms with Crippen molar-refractivity contribution in [3.8, 4) is 0 Å². The molecule has 1 aliphatic heterocycles. The van der Waals surface area contributed by atoms with Gasteiger partial charge in [0, 0.05) is 33.0 Å². The first kappa shape index (κ1) is 35.1. The summed E-state index contributed by atoms with van der Waals surface area (Å²) in [4.78, 5) is 17.7. The Kier molecular flexibility index (Phi) is 11.5. The molecule has 1 saturated heterocycles. The minimum atomic E-state index is -4.55. The third-order valence-electron chi connectivity index (χ3n) is 9.31. The number of nitrogens with zero attached hydrogens (tertiary/aromatic N) is 2. The number of hydrogen-bond acceptors (Lipinski definition) is 6. The lowest BCUT2D eigenvalue weighted by Crippen LogP contribution is -2.53. The summed E-state index contributed by atoms with van der Waals surface area (Å²) >= 11 is 5.88. The summed E-state index contributed by atoms with van der Waals surface area (Å²) in [6.45, 7) is 16.6. The lowest BCUT2D eigenvalue weighted by molar-refractivity contribution is -0.146. The first-order chi connectivity index (χ1) is 19.4. The molecule has 2 unspecified atom stereocenters. The number of rotatable bonds is 13. The van der Waals surface area contributed by atoms with Crippen molar-refractivity contribution in [3.05, 3.63) is 28.8 Å². The third kappa shape index (κ3) is 8.85. The highest BCUT2D eigenvalue weighted by Gasteiger charge is 2.54. The lowest BCUT2D eigenvalue weighted by Gasteiger charge is -2.46. The van der Waals surface area contributed by atoms with Gasteiger partial charge in [0.15, 0.2) is 14.6 Å². The van der Waals surface area contributed by atoms with Crippen LogP contribution >= 0.6 is 11.6 Å². The molecule has 7 nitrogen and oxygen atoms in total. The molecule has 1 aliphatic carbocycles. The quantitative estimate of drug-likeness (QED) is 0.189. The van der Waals surface area contributed by atoms with Gasteiger partial charge in [-0.1, -0.05) is 32.4 Å². The van der Waals surface area contributed by atoms with Gasteiger partial charge in [-0.25, -0.2) is 0 Å². The number of hydrogen-bond donors (Lipinski definition) is 1. The monoisotopic (exact) mass is 635 g/mol. The van der Waals surface area contributed by atoms with Gasteiger partial charge in [-0.15, -0.1) is 0 Å². The standard InChI is InChI=1S/C30H49ClF3N3O4Si/c1-21(35-22-10-11-23(24(31)18-22)30(32,33)34)27(38)37(20-26(39-5)40-6)16-9-15-36-17-14-29(12-13-29)25(19-36)41-42(7,8)28(2,3)4/h10-11,18,21,25-26,35H,9,12-17,19-20H2,1-8H3. The Morgan fingerprint density at radius 1 is 1.19 bits per heavy atom. The number of piperidine rings is 1. The minimum absolute atomic E-state index is 0.155. The second kappa shape index (κ2) is 13.7. The molecule has 3 rings (SSSR count). The predicted molar refractivity (Wildman–Crippen MR) is 163 cm³/mol. The molecule has 2 fully saturated rings. The van der Waals surface area contributed by atoms with Crippen molar-refractivity contribution < 1.29 is 31.9 Å². The highest BCUT2D eigenvalue weighted by molar-refractivity contribution is 6.74. The van der Waals surface area contributed by atoms with Gasteiger partial charge in [-0.05, 0) is 87.4 Å². The smallest absolute Gasteiger partial charge is 0.412 e. The van der Waals surface area contributed by atoms with E-state index in [1.807, 2.05) is 0 Å². The molecule has 240 valence electrons. The van der Waals surface area contributed by atoms with Gasteiger partial charge in [0.2, 0.25) is 5.91 Å². The van der Waals surface area contributed by atoms with Gasteiger partial charge in [0.05, 0.1) is 23.2 Å². The summed E-state index contributed by atoms with van der Waals surface area (Å²) in [5.41, 5.74) is -0.250. The van der Waals surface area contributed by atoms with E-state index in [1.165, 1.54) is 39.2 Å². The average Bonchev–Trinajstić information content (AvgIpc) is 3.66. The van der Waals surface area contributed by atoms with E-state index < -0.39 is 37.4 Å². The summed E-state index contributed by atoms with van der Waals surface area (Å²) in [5, 5.41) is 2.73. The number of methoxy groups -OCH3 is 2. The van der Waals surface area contributed by atoms with Gasteiger partial charge in [0.25, 0.3) is 0 Å². The Bertz CT molecular complexity index is 1060. The maximum absolute atomic E-state index is 13.5. The van der Waals surface area contributed by atoms with Crippen LogP contribution in [0.25, 0.3) is 0 Å². The molecule has 42 heavy (non-hydrogen) atoms. The van der Waals surface area contributed by atoms with Crippen molar-refractivity contribution >= 4 is 31.5 Å². The molecule has 2 aliphatic rings. The SMILES string of the molecule is COC(CN(CCCN1CCC2(CC2)C(O[Si](C)(C)C(C)(C)C)C1)C(=O)C(C)Nc1ccc(C(F)(F)F)c(Cl)c1)OC. The van der Waals surface area contributed by atoms with Gasteiger partial charge < -0.3 is 29.0 Å². The first-order valence-corrected chi connectivity index (χ1v) is 18.1. The molecule has 1 aromatic rings. The summed E-state index contributed by atoms with van der Waals surface area (Å²) in [6.07, 6.45) is -0.524. The second-order valence-electron chi connectivity index (χ2n) is 13.4. The highest BCUT2D eigenvalue weighted by Crippen LogP contribution is 2.56. The van der Waals surface area contributed by atoms with Crippen LogP contribution in [-0.4, -0.2) is 89.4 Å². The number of ether oxygens (including phenoxy) is 2. The Morgan fingerprint density at radius 3 is 2.36 bits per heavy atom. The fourth-order valence-electron chi connectivity index (χ4n) is 5.31. The molecular formula is C30H49ClF3N3O4Si. The molecule has 12 heteroatoms. The highest BCUT2D eigenvalue weighted by atomic mass is 35.5. The number of anilines is 1. The molecule has 1 aromatic carbocycles. The zero-order chi connectivity index (χ0) is 31.5. The number of carbonyl (C=O) groups is 1. The fraction of sp³-hybridized carbons (Fsp3) is 0.767. The van der Waals surface area contributed by atoms with Crippen molar-refractivity contribution in [2.75, 3.05) is 52.3 Å². The van der Waals surface area contributed by atoms with Crippen molar-refractivity contribution in [1.29, 1.82) is 0 Å². The molecule has 1 heterocycles. The molecule has 0 aromatic heterocycles. The van der Waals surface area contributed by atoms with E-state index in [2.05, 4.69) is 44.1 Å². The number of amides is 1. The Balaban J connectivity index is 1.62. The van der Waals surface area contributed by atoms with Crippen LogP contribution in [0.15, 0.2) is 18.2 Å². The van der Waals surface area contributed by atoms with Gasteiger partial charge in [-0.2, -0.15) is 13.2 Å². The van der Waals surface area contributed by atoms with Crippen molar-refractivity contribution in [2.45, 2.75) is 96.1 Å². The number of halogens is 4. The number of carbonyl (C=O) groups excluding carboxylic acids is 1. The van der Waals surface area contributed by atoms with Gasteiger partial charge in [-0.3, -0.25) is 4.79 Å². The molecule has 1 saturated carbocycles. The summed E-state index contributed by atoms with van der Waals surface area (Å²) < 4.78 is 57.0. The number of likely N-dealkylation sites (tertiary alicyclic amines) is 1. The van der Waals surface area contributed by atoms with Gasteiger partial charge >= 0.3 is 6.18 Å². The van der Waals surface area contributed by atoms with Crippen LogP contribution in [0.4, 0.5) is 18.9 Å². The van der Waals surface area contributed by atoms with E-state index >= 15 is 0 Å². The van der Waals surface area contributed by atoms with E-state index in [4.69, 9.17) is 25.5 Å². The summed E-state index contributed by atoms with van der Waals surface area (Å²) in [7, 11) is 1.14. The van der Waals surface area contributed by atoms with Crippen LogP contribution in [0.3, 0.4) is 0 Å². The molecule has 1 N–H and O–H groups in total. The topological polar surface area (TPSA) is 63.3 Å². The van der Waals surface area contributed by atoms with E-state index in [-0.39, 0.29) is 23.6 Å². The first-order valence-electron chi connectivity index (χ1n) is 14.8. The minimum Gasteiger partial charge on any atom is -0.412 e. The number of alkyl halides is 3. The lowest BCUT2D eigenvalue weighted by atomic mass is 9.90. The van der Waals surface area contributed by atoms with Crippen LogP contribution in [0.1, 0.15) is 58.9 Å². The molecule has 2 atom stereocenters. The van der Waals surface area contributed by atoms with Crippen LogP contribution in [0.2, 0.25) is 23.2 Å². The van der Waals surface area contributed by atoms with Crippen LogP contribution in [0.5, 0.6) is 0 Å². The molecule has 1 amide bonds. The normalized spacial score (nSPS) is 20.2. The van der Waals surface area contributed by atoms with Crippen molar-refractivity contribution in [2.24, 2.45) is 5.41 Å². The fourth-order valence-corrected chi connectivity index (χ4v) is 6.99. The summed E-state index contributed by atoms with van der Waals surface area (Å²) in [6, 6.07) is 2.68. The van der Waals surface area contributed by atoms with E-state index in [0.29, 0.717) is 17.6 Å². The van der Waals surface area contributed by atoms with Crippen LogP contribution in [-0.2, 0) is 24.9 Å². The maximum atomic E-state index is 13.5. The van der Waals surface area contributed by atoms with Crippen molar-refractivity contribution in [3.63, 3.8) is 0 Å². The van der Waals surface area contributed by atoms with Gasteiger partial charge in [0.1, 0.15) is 6.04 Å². The van der Waals surface area contributed by atoms with Crippen LogP contribution < -0.4 is 5.32 Å². The van der Waals surface area contributed by atoms with E-state index in [9.17, 15) is 18.0 Å². The molecule has 0 radical (unpaired) electrons. The van der Waals surface area contributed by atoms with Crippen molar-refractivity contribution in [1.82, 2.24) is 9.80 Å². The summed E-state index contributed by atoms with van der Waals surface area (Å²) in [5.74, 6) is -0.208. The third-order valence-corrected chi connectivity index (χ3v) is 14.1.